The van der Waals surface area contributed by atoms with Crippen LogP contribution in [0.15, 0.2) is 10.6 Å². The average molecular weight is 226 g/mol. The molecule has 0 radical (unpaired) electrons. The van der Waals surface area contributed by atoms with Gasteiger partial charge in [-0.05, 0) is 18.9 Å². The number of oxazole rings is 1. The smallest absolute Gasteiger partial charge is 0.208 e. The van der Waals surface area contributed by atoms with Crippen molar-refractivity contribution >= 4 is 0 Å². The SMILES string of the molecule is CCCNCc1ncc(CC(C)COC)o1. The topological polar surface area (TPSA) is 47.3 Å². The molecule has 0 aliphatic carbocycles. The van der Waals surface area contributed by atoms with E-state index in [1.54, 1.807) is 7.11 Å². The second-order valence-electron chi connectivity index (χ2n) is 4.16. The third-order valence-electron chi connectivity index (χ3n) is 2.31. The van der Waals surface area contributed by atoms with E-state index >= 15 is 0 Å². The van der Waals surface area contributed by atoms with Gasteiger partial charge in [-0.15, -0.1) is 0 Å². The molecule has 0 saturated carbocycles. The molecule has 0 aliphatic heterocycles. The number of rotatable bonds is 8. The fourth-order valence-electron chi connectivity index (χ4n) is 1.58. The van der Waals surface area contributed by atoms with Gasteiger partial charge in [0.05, 0.1) is 12.7 Å². The Hall–Kier alpha value is -0.870. The first-order valence-corrected chi connectivity index (χ1v) is 5.89. The normalized spacial score (nSPS) is 12.9. The van der Waals surface area contributed by atoms with Gasteiger partial charge in [-0.3, -0.25) is 0 Å². The van der Waals surface area contributed by atoms with Crippen LogP contribution in [0.3, 0.4) is 0 Å². The summed E-state index contributed by atoms with van der Waals surface area (Å²) in [5.41, 5.74) is 0. The van der Waals surface area contributed by atoms with Gasteiger partial charge in [-0.25, -0.2) is 4.98 Å². The summed E-state index contributed by atoms with van der Waals surface area (Å²) in [6, 6.07) is 0. The van der Waals surface area contributed by atoms with Gasteiger partial charge in [0.2, 0.25) is 5.89 Å². The highest BCUT2D eigenvalue weighted by Crippen LogP contribution is 2.10. The molecule has 0 fully saturated rings. The van der Waals surface area contributed by atoms with Gasteiger partial charge in [0, 0.05) is 20.1 Å². The lowest BCUT2D eigenvalue weighted by molar-refractivity contribution is 0.156. The molecule has 1 aromatic heterocycles. The molecule has 4 heteroatoms. The Labute approximate surface area is 97.4 Å². The van der Waals surface area contributed by atoms with E-state index in [-0.39, 0.29) is 0 Å². The lowest BCUT2D eigenvalue weighted by Crippen LogP contribution is -2.13. The number of nitrogens with one attached hydrogen (secondary N) is 1. The molecule has 0 saturated heterocycles. The van der Waals surface area contributed by atoms with Gasteiger partial charge in [0.25, 0.3) is 0 Å². The molecule has 92 valence electrons. The zero-order valence-corrected chi connectivity index (χ0v) is 10.5. The molecule has 1 N–H and O–H groups in total. The van der Waals surface area contributed by atoms with E-state index in [1.165, 1.54) is 0 Å². The van der Waals surface area contributed by atoms with Crippen molar-refractivity contribution in [3.63, 3.8) is 0 Å². The second-order valence-corrected chi connectivity index (χ2v) is 4.16. The quantitative estimate of drug-likeness (QED) is 0.689. The highest BCUT2D eigenvalue weighted by Gasteiger charge is 2.08. The van der Waals surface area contributed by atoms with Crippen molar-refractivity contribution in [1.29, 1.82) is 0 Å². The van der Waals surface area contributed by atoms with E-state index < -0.39 is 0 Å². The predicted molar refractivity (Wildman–Crippen MR) is 63.2 cm³/mol. The fourth-order valence-corrected chi connectivity index (χ4v) is 1.58. The van der Waals surface area contributed by atoms with Gasteiger partial charge in [-0.1, -0.05) is 13.8 Å². The highest BCUT2D eigenvalue weighted by molar-refractivity contribution is 4.95. The van der Waals surface area contributed by atoms with Crippen molar-refractivity contribution in [3.05, 3.63) is 17.8 Å². The number of ether oxygens (including phenoxy) is 1. The van der Waals surface area contributed by atoms with E-state index in [0.717, 1.165) is 37.6 Å². The molecule has 0 aromatic carbocycles. The predicted octanol–water partition coefficient (Wildman–Crippen LogP) is 2.00. The lowest BCUT2D eigenvalue weighted by Gasteiger charge is -2.06. The Balaban J connectivity index is 2.33. The summed E-state index contributed by atoms with van der Waals surface area (Å²) in [6.45, 7) is 6.75. The van der Waals surface area contributed by atoms with Crippen LogP contribution in [0.2, 0.25) is 0 Å². The van der Waals surface area contributed by atoms with Gasteiger partial charge in [-0.2, -0.15) is 0 Å². The summed E-state index contributed by atoms with van der Waals surface area (Å²) in [5, 5.41) is 3.26. The van der Waals surface area contributed by atoms with Crippen LogP contribution in [-0.4, -0.2) is 25.2 Å². The minimum Gasteiger partial charge on any atom is -0.444 e. The molecular weight excluding hydrogens is 204 g/mol. The van der Waals surface area contributed by atoms with E-state index in [2.05, 4.69) is 24.1 Å². The number of nitrogens with zero attached hydrogens (tertiary/aromatic N) is 1. The largest absolute Gasteiger partial charge is 0.444 e. The standard InChI is InChI=1S/C12H22N2O2/c1-4-5-13-8-12-14-7-11(16-12)6-10(2)9-15-3/h7,10,13H,4-6,8-9H2,1-3H3. The zero-order valence-electron chi connectivity index (χ0n) is 10.5. The van der Waals surface area contributed by atoms with Gasteiger partial charge >= 0.3 is 0 Å². The highest BCUT2D eigenvalue weighted by atomic mass is 16.5. The van der Waals surface area contributed by atoms with E-state index in [0.29, 0.717) is 12.5 Å². The first-order chi connectivity index (χ1) is 7.76. The molecule has 0 bridgehead atoms. The van der Waals surface area contributed by atoms with Crippen LogP contribution in [0, 0.1) is 5.92 Å². The molecule has 1 atom stereocenters. The molecule has 1 rings (SSSR count). The Morgan fingerprint density at radius 1 is 1.56 bits per heavy atom. The van der Waals surface area contributed by atoms with Gasteiger partial charge < -0.3 is 14.5 Å². The molecule has 0 spiro atoms. The van der Waals surface area contributed by atoms with Crippen molar-refractivity contribution < 1.29 is 9.15 Å². The Bertz CT molecular complexity index is 286. The summed E-state index contributed by atoms with van der Waals surface area (Å²) < 4.78 is 10.7. The number of aromatic nitrogens is 1. The maximum atomic E-state index is 5.62. The van der Waals surface area contributed by atoms with Crippen LogP contribution in [0.5, 0.6) is 0 Å². The molecule has 16 heavy (non-hydrogen) atoms. The second kappa shape index (κ2) is 7.41. The van der Waals surface area contributed by atoms with Gasteiger partial charge in [0.15, 0.2) is 0 Å². The molecule has 0 amide bonds. The number of hydrogen-bond acceptors (Lipinski definition) is 4. The fraction of sp³-hybridized carbons (Fsp3) is 0.750. The maximum absolute atomic E-state index is 5.62. The van der Waals surface area contributed by atoms with Crippen molar-refractivity contribution in [2.75, 3.05) is 20.3 Å². The van der Waals surface area contributed by atoms with E-state index in [9.17, 15) is 0 Å². The van der Waals surface area contributed by atoms with Crippen molar-refractivity contribution in [3.8, 4) is 0 Å². The number of methoxy groups -OCH3 is 1. The molecule has 1 heterocycles. The monoisotopic (exact) mass is 226 g/mol. The van der Waals surface area contributed by atoms with Crippen molar-refractivity contribution in [2.45, 2.75) is 33.2 Å². The van der Waals surface area contributed by atoms with Crippen LogP contribution >= 0.6 is 0 Å². The molecule has 4 nitrogen and oxygen atoms in total. The first-order valence-electron chi connectivity index (χ1n) is 5.89. The van der Waals surface area contributed by atoms with Crippen LogP contribution in [0.4, 0.5) is 0 Å². The zero-order chi connectivity index (χ0) is 11.8. The Morgan fingerprint density at radius 2 is 2.38 bits per heavy atom. The minimum atomic E-state index is 0.467. The third-order valence-corrected chi connectivity index (χ3v) is 2.31. The molecule has 1 unspecified atom stereocenters. The van der Waals surface area contributed by atoms with Crippen LogP contribution in [-0.2, 0) is 17.7 Å². The molecular formula is C12H22N2O2. The van der Waals surface area contributed by atoms with Gasteiger partial charge in [0.1, 0.15) is 5.76 Å². The summed E-state index contributed by atoms with van der Waals surface area (Å²) in [6.07, 6.45) is 3.82. The summed E-state index contributed by atoms with van der Waals surface area (Å²) in [7, 11) is 1.72. The maximum Gasteiger partial charge on any atom is 0.208 e. The third kappa shape index (κ3) is 4.77. The van der Waals surface area contributed by atoms with Crippen LogP contribution < -0.4 is 5.32 Å². The summed E-state index contributed by atoms with van der Waals surface area (Å²) in [4.78, 5) is 4.23. The first kappa shape index (κ1) is 13.2. The number of hydrogen-bond donors (Lipinski definition) is 1. The van der Waals surface area contributed by atoms with Crippen LogP contribution in [0.25, 0.3) is 0 Å². The van der Waals surface area contributed by atoms with E-state index in [1.807, 2.05) is 6.20 Å². The molecule has 1 aromatic rings. The van der Waals surface area contributed by atoms with Crippen molar-refractivity contribution in [2.24, 2.45) is 5.92 Å². The van der Waals surface area contributed by atoms with E-state index in [4.69, 9.17) is 9.15 Å². The van der Waals surface area contributed by atoms with Crippen molar-refractivity contribution in [1.82, 2.24) is 10.3 Å². The summed E-state index contributed by atoms with van der Waals surface area (Å²) >= 11 is 0. The Morgan fingerprint density at radius 3 is 3.06 bits per heavy atom. The van der Waals surface area contributed by atoms with Crippen LogP contribution in [0.1, 0.15) is 31.9 Å². The summed E-state index contributed by atoms with van der Waals surface area (Å²) in [5.74, 6) is 2.18. The minimum absolute atomic E-state index is 0.467. The lowest BCUT2D eigenvalue weighted by atomic mass is 10.1. The Kier molecular flexibility index (Phi) is 6.11. The molecule has 0 aliphatic rings. The average Bonchev–Trinajstić information content (AvgIpc) is 2.66.